The number of carboxylic acid groups (broad SMARTS) is 1. The van der Waals surface area contributed by atoms with Crippen molar-refractivity contribution in [2.24, 2.45) is 0 Å². The van der Waals surface area contributed by atoms with E-state index in [0.717, 1.165) is 4.90 Å². The number of carbonyl (C=O) groups excluding carboxylic acids is 1. The number of carboxylic acids is 1. The highest BCUT2D eigenvalue weighted by atomic mass is 35.5. The first-order valence-corrected chi connectivity index (χ1v) is 9.07. The Morgan fingerprint density at radius 1 is 1.30 bits per heavy atom. The summed E-state index contributed by atoms with van der Waals surface area (Å²) in [5.41, 5.74) is 0.179. The van der Waals surface area contributed by atoms with Gasteiger partial charge in [-0.3, -0.25) is 4.79 Å². The molecule has 1 aliphatic heterocycles. The Balaban J connectivity index is 2.38. The van der Waals surface area contributed by atoms with Crippen molar-refractivity contribution in [2.75, 3.05) is 18.1 Å². The van der Waals surface area contributed by atoms with Gasteiger partial charge in [-0.2, -0.15) is 0 Å². The Hall–Kier alpha value is -1.64. The molecule has 7 nitrogen and oxygen atoms in total. The molecule has 0 saturated carbocycles. The van der Waals surface area contributed by atoms with Gasteiger partial charge in [0, 0.05) is 16.6 Å². The van der Waals surface area contributed by atoms with Crippen molar-refractivity contribution in [1.29, 1.82) is 0 Å². The van der Waals surface area contributed by atoms with Gasteiger partial charge in [0.1, 0.15) is 0 Å². The van der Waals surface area contributed by atoms with E-state index in [1.807, 2.05) is 0 Å². The van der Waals surface area contributed by atoms with Crippen LogP contribution in [0.25, 0.3) is 0 Å². The summed E-state index contributed by atoms with van der Waals surface area (Å²) < 4.78 is 23.3. The van der Waals surface area contributed by atoms with Gasteiger partial charge in [-0.25, -0.2) is 13.2 Å². The average Bonchev–Trinajstić information content (AvgIpc) is 2.84. The van der Waals surface area contributed by atoms with E-state index in [4.69, 9.17) is 11.6 Å². The lowest BCUT2D eigenvalue weighted by Crippen LogP contribution is -2.53. The lowest BCUT2D eigenvalue weighted by molar-refractivity contribution is -0.144. The van der Waals surface area contributed by atoms with Gasteiger partial charge in [0.2, 0.25) is 0 Å². The van der Waals surface area contributed by atoms with E-state index in [-0.39, 0.29) is 23.5 Å². The molecular formula is C14H16ClNO6S. The molecule has 2 atom stereocenters. The highest BCUT2D eigenvalue weighted by Crippen LogP contribution is 2.23. The van der Waals surface area contributed by atoms with Crippen LogP contribution in [0.1, 0.15) is 16.8 Å². The minimum absolute atomic E-state index is 0.111. The molecule has 0 aromatic heterocycles. The molecule has 2 N–H and O–H groups in total. The second kappa shape index (κ2) is 6.86. The van der Waals surface area contributed by atoms with Gasteiger partial charge in [-0.1, -0.05) is 11.6 Å². The van der Waals surface area contributed by atoms with Crippen molar-refractivity contribution in [3.8, 4) is 0 Å². The number of aliphatic hydroxyl groups is 1. The average molecular weight is 362 g/mol. The smallest absolute Gasteiger partial charge is 0.328 e. The quantitative estimate of drug-likeness (QED) is 0.785. The monoisotopic (exact) mass is 361 g/mol. The fourth-order valence-electron chi connectivity index (χ4n) is 2.58. The fourth-order valence-corrected chi connectivity index (χ4v) is 4.42. The molecule has 1 aromatic rings. The summed E-state index contributed by atoms with van der Waals surface area (Å²) in [6, 6.07) is 3.53. The van der Waals surface area contributed by atoms with Crippen molar-refractivity contribution >= 4 is 33.3 Å². The molecule has 1 aromatic carbocycles. The summed E-state index contributed by atoms with van der Waals surface area (Å²) in [6.07, 6.45) is 0.144. The standard InChI is InChI=1S/C14H16ClNO6S/c15-10-3-1-9(2-4-10)13(18)16(12(7-17)14(19)20)11-5-6-23(21,22)8-11/h1-4,11-12,17H,5-8H2,(H,19,20)/t11-,12-/m1/s1. The summed E-state index contributed by atoms with van der Waals surface area (Å²) >= 11 is 5.76. The summed E-state index contributed by atoms with van der Waals surface area (Å²) in [6.45, 7) is -0.800. The van der Waals surface area contributed by atoms with Crippen LogP contribution in [0, 0.1) is 0 Å². The van der Waals surface area contributed by atoms with Crippen LogP contribution in [0.4, 0.5) is 0 Å². The Labute approximate surface area is 138 Å². The van der Waals surface area contributed by atoms with Gasteiger partial charge >= 0.3 is 5.97 Å². The topological polar surface area (TPSA) is 112 Å². The Morgan fingerprint density at radius 2 is 1.91 bits per heavy atom. The van der Waals surface area contributed by atoms with E-state index in [9.17, 15) is 28.2 Å². The zero-order valence-electron chi connectivity index (χ0n) is 12.1. The molecule has 1 aliphatic rings. The number of rotatable bonds is 5. The van der Waals surface area contributed by atoms with Crippen LogP contribution in [0.15, 0.2) is 24.3 Å². The lowest BCUT2D eigenvalue weighted by atomic mass is 10.1. The number of carbonyl (C=O) groups is 2. The number of amides is 1. The van der Waals surface area contributed by atoms with Crippen LogP contribution in [0.2, 0.25) is 5.02 Å². The highest BCUT2D eigenvalue weighted by molar-refractivity contribution is 7.91. The van der Waals surface area contributed by atoms with Gasteiger partial charge in [0.15, 0.2) is 15.9 Å². The van der Waals surface area contributed by atoms with Crippen LogP contribution in [-0.2, 0) is 14.6 Å². The minimum Gasteiger partial charge on any atom is -0.480 e. The van der Waals surface area contributed by atoms with Gasteiger partial charge in [0.05, 0.1) is 18.1 Å². The van der Waals surface area contributed by atoms with Crippen LogP contribution in [-0.4, -0.2) is 65.6 Å². The predicted molar refractivity (Wildman–Crippen MR) is 83.2 cm³/mol. The van der Waals surface area contributed by atoms with Crippen molar-refractivity contribution in [3.63, 3.8) is 0 Å². The first kappa shape index (κ1) is 17.7. The molecular weight excluding hydrogens is 346 g/mol. The third-order valence-electron chi connectivity index (χ3n) is 3.72. The van der Waals surface area contributed by atoms with Gasteiger partial charge in [-0.05, 0) is 30.7 Å². The van der Waals surface area contributed by atoms with E-state index < -0.39 is 40.4 Å². The fraction of sp³-hybridized carbons (Fsp3) is 0.429. The first-order chi connectivity index (χ1) is 10.7. The number of hydrogen-bond donors (Lipinski definition) is 2. The number of benzene rings is 1. The van der Waals surface area contributed by atoms with Crippen molar-refractivity contribution in [3.05, 3.63) is 34.9 Å². The van der Waals surface area contributed by atoms with Crippen LogP contribution in [0.5, 0.6) is 0 Å². The normalized spacial score (nSPS) is 20.9. The predicted octanol–water partition coefficient (Wildman–Crippen LogP) is 0.415. The summed E-state index contributed by atoms with van der Waals surface area (Å²) in [5.74, 6) is -2.46. The molecule has 1 fully saturated rings. The summed E-state index contributed by atoms with van der Waals surface area (Å²) in [7, 11) is -3.32. The molecule has 1 heterocycles. The van der Waals surface area contributed by atoms with Crippen LogP contribution in [0.3, 0.4) is 0 Å². The van der Waals surface area contributed by atoms with E-state index in [1.165, 1.54) is 24.3 Å². The molecule has 1 saturated heterocycles. The van der Waals surface area contributed by atoms with Gasteiger partial charge in [0.25, 0.3) is 5.91 Å². The summed E-state index contributed by atoms with van der Waals surface area (Å²) in [4.78, 5) is 25.0. The zero-order valence-corrected chi connectivity index (χ0v) is 13.6. The zero-order chi connectivity index (χ0) is 17.2. The molecule has 1 amide bonds. The van der Waals surface area contributed by atoms with E-state index in [2.05, 4.69) is 0 Å². The Morgan fingerprint density at radius 3 is 2.35 bits per heavy atom. The maximum atomic E-state index is 12.7. The molecule has 0 unspecified atom stereocenters. The van der Waals surface area contributed by atoms with Crippen molar-refractivity contribution < 1.29 is 28.2 Å². The number of nitrogens with zero attached hydrogens (tertiary/aromatic N) is 1. The minimum atomic E-state index is -3.32. The molecule has 0 aliphatic carbocycles. The van der Waals surface area contributed by atoms with E-state index >= 15 is 0 Å². The highest BCUT2D eigenvalue weighted by Gasteiger charge is 2.40. The van der Waals surface area contributed by atoms with Crippen molar-refractivity contribution in [1.82, 2.24) is 4.90 Å². The third kappa shape index (κ3) is 4.01. The second-order valence-electron chi connectivity index (χ2n) is 5.31. The number of hydrogen-bond acceptors (Lipinski definition) is 5. The molecule has 0 spiro atoms. The summed E-state index contributed by atoms with van der Waals surface area (Å²) in [5, 5.41) is 19.0. The second-order valence-corrected chi connectivity index (χ2v) is 7.98. The third-order valence-corrected chi connectivity index (χ3v) is 5.72. The largest absolute Gasteiger partial charge is 0.480 e. The Bertz CT molecular complexity index is 702. The van der Waals surface area contributed by atoms with E-state index in [0.29, 0.717) is 5.02 Å². The maximum absolute atomic E-state index is 12.7. The van der Waals surface area contributed by atoms with Crippen molar-refractivity contribution in [2.45, 2.75) is 18.5 Å². The molecule has 23 heavy (non-hydrogen) atoms. The molecule has 0 bridgehead atoms. The number of aliphatic carboxylic acids is 1. The molecule has 9 heteroatoms. The SMILES string of the molecule is O=C(O)[C@@H](CO)N(C(=O)c1ccc(Cl)cc1)[C@@H]1CCS(=O)(=O)C1. The number of sulfone groups is 1. The van der Waals surface area contributed by atoms with E-state index in [1.54, 1.807) is 0 Å². The van der Waals surface area contributed by atoms with Gasteiger partial charge < -0.3 is 15.1 Å². The number of halogens is 1. The number of aliphatic hydroxyl groups excluding tert-OH is 1. The molecule has 2 rings (SSSR count). The Kier molecular flexibility index (Phi) is 5.28. The molecule has 126 valence electrons. The van der Waals surface area contributed by atoms with Gasteiger partial charge in [-0.15, -0.1) is 0 Å². The molecule has 0 radical (unpaired) electrons. The van der Waals surface area contributed by atoms with Crippen LogP contribution < -0.4 is 0 Å². The first-order valence-electron chi connectivity index (χ1n) is 6.87. The lowest BCUT2D eigenvalue weighted by Gasteiger charge is -2.32. The van der Waals surface area contributed by atoms with Crippen LogP contribution >= 0.6 is 11.6 Å². The maximum Gasteiger partial charge on any atom is 0.328 e.